The van der Waals surface area contributed by atoms with Crippen molar-refractivity contribution in [1.82, 2.24) is 4.98 Å². The van der Waals surface area contributed by atoms with Crippen LogP contribution in [0, 0.1) is 35.5 Å². The minimum Gasteiger partial charge on any atom is -0.392 e. The van der Waals surface area contributed by atoms with E-state index in [1.165, 1.54) is 49.5 Å². The van der Waals surface area contributed by atoms with E-state index in [-0.39, 0.29) is 6.61 Å². The van der Waals surface area contributed by atoms with Gasteiger partial charge >= 0.3 is 0 Å². The summed E-state index contributed by atoms with van der Waals surface area (Å²) in [5.41, 5.74) is 3.37. The summed E-state index contributed by atoms with van der Waals surface area (Å²) in [6, 6.07) is 8.30. The zero-order valence-corrected chi connectivity index (χ0v) is 18.2. The molecule has 0 aliphatic heterocycles. The number of allylic oxidation sites excluding steroid dienone is 1. The molecule has 0 radical (unpaired) electrons. The molecule has 0 spiro atoms. The molecule has 2 aliphatic carbocycles. The quantitative estimate of drug-likeness (QED) is 0.517. The van der Waals surface area contributed by atoms with Crippen LogP contribution in [0.4, 0.5) is 0 Å². The molecule has 0 amide bonds. The van der Waals surface area contributed by atoms with Crippen LogP contribution in [0.5, 0.6) is 0 Å². The molecule has 1 aromatic carbocycles. The smallest absolute Gasteiger partial charge is 0.0704 e. The minimum absolute atomic E-state index is 0.0877. The molecule has 2 nitrogen and oxygen atoms in total. The molecular weight excluding hydrogens is 354 g/mol. The number of aromatic nitrogens is 1. The van der Waals surface area contributed by atoms with Crippen LogP contribution in [0.2, 0.25) is 0 Å². The van der Waals surface area contributed by atoms with Crippen LogP contribution in [0.3, 0.4) is 0 Å². The average Bonchev–Trinajstić information content (AvgIpc) is 3.43. The van der Waals surface area contributed by atoms with Gasteiger partial charge in [0.2, 0.25) is 0 Å². The Labute approximate surface area is 176 Å². The van der Waals surface area contributed by atoms with Crippen LogP contribution in [0.15, 0.2) is 43.1 Å². The Morgan fingerprint density at radius 3 is 2.90 bits per heavy atom. The number of pyridine rings is 1. The molecule has 0 saturated heterocycles. The second-order valence-corrected chi connectivity index (χ2v) is 9.72. The fraction of sp³-hybridized carbons (Fsp3) is 0.593. The normalized spacial score (nSPS) is 29.8. The van der Waals surface area contributed by atoms with E-state index < -0.39 is 0 Å². The number of hydrogen-bond donors (Lipinski definition) is 1. The first kappa shape index (κ1) is 20.6. The topological polar surface area (TPSA) is 33.1 Å². The fourth-order valence-electron chi connectivity index (χ4n) is 6.44. The summed E-state index contributed by atoms with van der Waals surface area (Å²) < 4.78 is 0. The van der Waals surface area contributed by atoms with Crippen LogP contribution < -0.4 is 0 Å². The van der Waals surface area contributed by atoms with E-state index >= 15 is 0 Å². The largest absolute Gasteiger partial charge is 0.392 e. The van der Waals surface area contributed by atoms with E-state index in [1.807, 2.05) is 18.3 Å². The Kier molecular flexibility index (Phi) is 6.39. The predicted molar refractivity (Wildman–Crippen MR) is 122 cm³/mol. The van der Waals surface area contributed by atoms with Gasteiger partial charge in [0.25, 0.3) is 0 Å². The summed E-state index contributed by atoms with van der Waals surface area (Å²) in [5.74, 6) is 5.03. The molecular formula is C27H37NO. The lowest BCUT2D eigenvalue weighted by Gasteiger charge is -2.27. The number of rotatable bonds is 8. The van der Waals surface area contributed by atoms with Gasteiger partial charge in [-0.05, 0) is 90.5 Å². The van der Waals surface area contributed by atoms with Crippen LogP contribution >= 0.6 is 0 Å². The Morgan fingerprint density at radius 1 is 1.28 bits per heavy atom. The zero-order valence-electron chi connectivity index (χ0n) is 18.2. The maximum Gasteiger partial charge on any atom is 0.0704 e. The van der Waals surface area contributed by atoms with Crippen LogP contribution in [0.1, 0.15) is 63.5 Å². The molecule has 0 bridgehead atoms. The lowest BCUT2D eigenvalue weighted by Crippen LogP contribution is -2.19. The first-order valence-electron chi connectivity index (χ1n) is 11.8. The molecule has 6 atom stereocenters. The number of fused-ring (bicyclic) bond motifs is 2. The molecule has 6 unspecified atom stereocenters. The van der Waals surface area contributed by atoms with Gasteiger partial charge in [0, 0.05) is 11.6 Å². The highest BCUT2D eigenvalue weighted by atomic mass is 16.3. The highest BCUT2D eigenvalue weighted by Gasteiger charge is 2.54. The summed E-state index contributed by atoms with van der Waals surface area (Å²) in [5, 5.41) is 10.7. The van der Waals surface area contributed by atoms with E-state index in [4.69, 9.17) is 0 Å². The summed E-state index contributed by atoms with van der Waals surface area (Å²) in [7, 11) is 0. The van der Waals surface area contributed by atoms with Crippen molar-refractivity contribution >= 4 is 10.9 Å². The van der Waals surface area contributed by atoms with Crippen molar-refractivity contribution in [1.29, 1.82) is 0 Å². The second kappa shape index (κ2) is 9.00. The number of nitrogens with zero attached hydrogens (tertiary/aromatic N) is 1. The van der Waals surface area contributed by atoms with Crippen molar-refractivity contribution < 1.29 is 5.11 Å². The molecule has 29 heavy (non-hydrogen) atoms. The average molecular weight is 392 g/mol. The van der Waals surface area contributed by atoms with Gasteiger partial charge in [-0.25, -0.2) is 0 Å². The molecule has 156 valence electrons. The Morgan fingerprint density at radius 2 is 2.14 bits per heavy atom. The number of benzene rings is 1. The third-order valence-corrected chi connectivity index (χ3v) is 7.75. The molecule has 4 rings (SSSR count). The molecule has 2 fully saturated rings. The highest BCUT2D eigenvalue weighted by Crippen LogP contribution is 2.60. The monoisotopic (exact) mass is 391 g/mol. The lowest BCUT2D eigenvalue weighted by atomic mass is 9.78. The Hall–Kier alpha value is -1.67. The van der Waals surface area contributed by atoms with Crippen molar-refractivity contribution in [2.75, 3.05) is 0 Å². The number of hydrogen-bond acceptors (Lipinski definition) is 2. The van der Waals surface area contributed by atoms with E-state index in [0.717, 1.165) is 47.1 Å². The van der Waals surface area contributed by atoms with Gasteiger partial charge in [-0.1, -0.05) is 45.3 Å². The van der Waals surface area contributed by atoms with E-state index in [2.05, 4.69) is 43.6 Å². The van der Waals surface area contributed by atoms with Crippen molar-refractivity contribution in [3.8, 4) is 0 Å². The summed E-state index contributed by atoms with van der Waals surface area (Å²) in [6.45, 7) is 9.11. The van der Waals surface area contributed by atoms with Crippen molar-refractivity contribution in [3.05, 3.63) is 54.2 Å². The highest BCUT2D eigenvalue weighted by molar-refractivity contribution is 5.82. The van der Waals surface area contributed by atoms with Gasteiger partial charge in [0.05, 0.1) is 12.1 Å². The first-order valence-corrected chi connectivity index (χ1v) is 11.8. The molecule has 2 heteroatoms. The van der Waals surface area contributed by atoms with E-state index in [1.54, 1.807) is 0 Å². The zero-order chi connectivity index (χ0) is 20.4. The first-order chi connectivity index (χ1) is 14.2. The van der Waals surface area contributed by atoms with Gasteiger partial charge in [0.15, 0.2) is 0 Å². The van der Waals surface area contributed by atoms with Gasteiger partial charge in [0.1, 0.15) is 0 Å². The number of aliphatic hydroxyl groups excluding tert-OH is 1. The van der Waals surface area contributed by atoms with Crippen molar-refractivity contribution in [2.24, 2.45) is 35.5 Å². The van der Waals surface area contributed by atoms with E-state index in [0.29, 0.717) is 5.92 Å². The Bertz CT molecular complexity index is 840. The third kappa shape index (κ3) is 4.28. The molecule has 1 aromatic heterocycles. The van der Waals surface area contributed by atoms with Gasteiger partial charge in [-0.3, -0.25) is 4.98 Å². The van der Waals surface area contributed by atoms with Crippen LogP contribution in [-0.4, -0.2) is 10.1 Å². The predicted octanol–water partition coefficient (Wildman–Crippen LogP) is 6.56. The summed E-state index contributed by atoms with van der Waals surface area (Å²) in [6.07, 6.45) is 13.6. The summed E-state index contributed by atoms with van der Waals surface area (Å²) in [4.78, 5) is 4.52. The minimum atomic E-state index is 0.0877. The van der Waals surface area contributed by atoms with Crippen molar-refractivity contribution in [2.45, 2.75) is 65.4 Å². The molecule has 2 aromatic rings. The standard InChI is InChI=1S/C27H37NO/c1-4-7-23-24-9-6-8-20(22(5-2)27(23)24)14-18(3)15-21-12-13-28-26-11-10-19(17-29)16-25(21)26/h5,10-13,16,18,20,22-24,27,29H,2,4,6-9,14-15,17H2,1,3H3. The molecule has 1 heterocycles. The Balaban J connectivity index is 1.47. The molecule has 2 saturated carbocycles. The maximum atomic E-state index is 9.53. The summed E-state index contributed by atoms with van der Waals surface area (Å²) >= 11 is 0. The maximum absolute atomic E-state index is 9.53. The van der Waals surface area contributed by atoms with Gasteiger partial charge < -0.3 is 5.11 Å². The van der Waals surface area contributed by atoms with E-state index in [9.17, 15) is 5.11 Å². The molecule has 2 aliphatic rings. The SMILES string of the molecule is C=CC1C(CC(C)Cc2ccnc3ccc(CO)cc23)CCCC2C(CCC)C12. The fourth-order valence-corrected chi connectivity index (χ4v) is 6.44. The van der Waals surface area contributed by atoms with Crippen LogP contribution in [-0.2, 0) is 13.0 Å². The second-order valence-electron chi connectivity index (χ2n) is 9.72. The van der Waals surface area contributed by atoms with Crippen LogP contribution in [0.25, 0.3) is 10.9 Å². The lowest BCUT2D eigenvalue weighted by molar-refractivity contribution is 0.270. The number of aliphatic hydroxyl groups is 1. The van der Waals surface area contributed by atoms with Crippen molar-refractivity contribution in [3.63, 3.8) is 0 Å². The van der Waals surface area contributed by atoms with Gasteiger partial charge in [-0.15, -0.1) is 6.58 Å². The van der Waals surface area contributed by atoms with Gasteiger partial charge in [-0.2, -0.15) is 0 Å². The third-order valence-electron chi connectivity index (χ3n) is 7.75. The molecule has 1 N–H and O–H groups in total.